The van der Waals surface area contributed by atoms with Crippen molar-refractivity contribution in [2.75, 3.05) is 6.61 Å². The summed E-state index contributed by atoms with van der Waals surface area (Å²) in [6.07, 6.45) is 0.0495. The average Bonchev–Trinajstić information content (AvgIpc) is 2.84. The fourth-order valence-electron chi connectivity index (χ4n) is 1.73. The molecule has 0 amide bonds. The Morgan fingerprint density at radius 3 is 2.53 bits per heavy atom. The number of hydrogen-bond acceptors (Lipinski definition) is 4. The lowest BCUT2D eigenvalue weighted by Crippen LogP contribution is -2.25. The van der Waals surface area contributed by atoms with E-state index in [1.807, 2.05) is 53.7 Å². The highest BCUT2D eigenvalue weighted by Gasteiger charge is 2.22. The minimum absolute atomic E-state index is 0.0495. The minimum Gasteiger partial charge on any atom is -0.486 e. The van der Waals surface area contributed by atoms with E-state index in [2.05, 4.69) is 4.98 Å². The fourth-order valence-corrected chi connectivity index (χ4v) is 1.73. The monoisotopic (exact) mass is 265 g/mol. The highest BCUT2D eigenvalue weighted by molar-refractivity contribution is 5.82. The van der Waals surface area contributed by atoms with Gasteiger partial charge in [-0.25, -0.2) is 4.98 Å². The second-order valence-electron chi connectivity index (χ2n) is 3.71. The smallest absolute Gasteiger partial charge is 0.207 e. The number of aryl methyl sites for hydroxylation is 1. The van der Waals surface area contributed by atoms with Crippen LogP contribution in [0.1, 0.15) is 40.5 Å². The number of aromatic nitrogens is 1. The van der Waals surface area contributed by atoms with Gasteiger partial charge >= 0.3 is 0 Å². The Hall–Kier alpha value is -1.71. The van der Waals surface area contributed by atoms with Gasteiger partial charge in [-0.15, -0.1) is 0 Å². The lowest BCUT2D eigenvalue weighted by atomic mass is 10.2. The summed E-state index contributed by atoms with van der Waals surface area (Å²) in [4.78, 5) is 4.24. The first-order valence-electron chi connectivity index (χ1n) is 6.93. The van der Waals surface area contributed by atoms with Crippen molar-refractivity contribution >= 4 is 11.1 Å². The molecule has 1 aromatic carbocycles. The second-order valence-corrected chi connectivity index (χ2v) is 3.71. The molecular formula is C15H23NO3. The largest absolute Gasteiger partial charge is 0.486 e. The number of ether oxygens (including phenoxy) is 2. The lowest BCUT2D eigenvalue weighted by Gasteiger charge is -2.23. The molecule has 3 rings (SSSR count). The van der Waals surface area contributed by atoms with E-state index in [0.29, 0.717) is 23.8 Å². The molecule has 0 saturated heterocycles. The Morgan fingerprint density at radius 2 is 1.84 bits per heavy atom. The van der Waals surface area contributed by atoms with Crippen LogP contribution in [0.4, 0.5) is 0 Å². The zero-order valence-electron chi connectivity index (χ0n) is 12.6. The Kier molecular flexibility index (Phi) is 5.67. The quantitative estimate of drug-likeness (QED) is 0.710. The molecule has 0 bridgehead atoms. The lowest BCUT2D eigenvalue weighted by molar-refractivity contribution is 0.105. The van der Waals surface area contributed by atoms with Crippen molar-refractivity contribution in [2.45, 2.75) is 47.6 Å². The zero-order valence-corrected chi connectivity index (χ0v) is 12.6. The molecule has 19 heavy (non-hydrogen) atoms. The molecular weight excluding hydrogens is 242 g/mol. The first-order valence-corrected chi connectivity index (χ1v) is 6.93. The highest BCUT2D eigenvalue weighted by Crippen LogP contribution is 2.38. The van der Waals surface area contributed by atoms with Gasteiger partial charge in [0, 0.05) is 6.92 Å². The summed E-state index contributed by atoms with van der Waals surface area (Å²) in [5.74, 6) is 2.05. The predicted octanol–water partition coefficient (Wildman–Crippen LogP) is 4.35. The topological polar surface area (TPSA) is 44.5 Å². The molecule has 1 aliphatic rings. The van der Waals surface area contributed by atoms with Gasteiger partial charge in [0.2, 0.25) is 11.3 Å². The molecule has 1 aliphatic heterocycles. The van der Waals surface area contributed by atoms with Crippen molar-refractivity contribution < 1.29 is 13.9 Å². The third kappa shape index (κ3) is 3.19. The van der Waals surface area contributed by atoms with Gasteiger partial charge < -0.3 is 13.9 Å². The van der Waals surface area contributed by atoms with Crippen molar-refractivity contribution in [3.8, 4) is 11.5 Å². The number of hydrogen-bond donors (Lipinski definition) is 0. The molecule has 0 saturated carbocycles. The maximum atomic E-state index is 5.70. The van der Waals surface area contributed by atoms with Crippen LogP contribution in [-0.4, -0.2) is 17.7 Å². The minimum atomic E-state index is 0.0495. The molecule has 4 heteroatoms. The van der Waals surface area contributed by atoms with Crippen LogP contribution in [0.2, 0.25) is 0 Å². The molecule has 2 aromatic rings. The number of rotatable bonds is 0. The van der Waals surface area contributed by atoms with Gasteiger partial charge in [0.05, 0.1) is 0 Å². The van der Waals surface area contributed by atoms with Gasteiger partial charge in [0.15, 0.2) is 11.6 Å². The van der Waals surface area contributed by atoms with Crippen LogP contribution in [0.25, 0.3) is 11.1 Å². The summed E-state index contributed by atoms with van der Waals surface area (Å²) in [5, 5.41) is 0. The van der Waals surface area contributed by atoms with Crippen molar-refractivity contribution in [3.63, 3.8) is 0 Å². The van der Waals surface area contributed by atoms with Gasteiger partial charge in [0.1, 0.15) is 18.2 Å². The molecule has 106 valence electrons. The summed E-state index contributed by atoms with van der Waals surface area (Å²) >= 11 is 0. The van der Waals surface area contributed by atoms with E-state index in [9.17, 15) is 0 Å². The molecule has 0 aliphatic carbocycles. The number of fused-ring (bicyclic) bond motifs is 3. The molecule has 0 fully saturated rings. The molecule has 1 unspecified atom stereocenters. The standard InChI is InChI=1S/C11H11NO3.2C2H6/c1-6-5-13-9-4-3-8-10(11(9)14-6)15-7(2)12-8;2*1-2/h3-4,6H,5H2,1-2H3;2*1-2H3. The molecule has 2 heterocycles. The fraction of sp³-hybridized carbons (Fsp3) is 0.533. The van der Waals surface area contributed by atoms with Crippen LogP contribution in [0, 0.1) is 6.92 Å². The number of oxazole rings is 1. The van der Waals surface area contributed by atoms with Gasteiger partial charge in [-0.3, -0.25) is 0 Å². The predicted molar refractivity (Wildman–Crippen MR) is 77.0 cm³/mol. The third-order valence-electron chi connectivity index (χ3n) is 2.38. The summed E-state index contributed by atoms with van der Waals surface area (Å²) in [6, 6.07) is 3.75. The van der Waals surface area contributed by atoms with Crippen molar-refractivity contribution in [2.24, 2.45) is 0 Å². The van der Waals surface area contributed by atoms with E-state index in [4.69, 9.17) is 13.9 Å². The highest BCUT2D eigenvalue weighted by atomic mass is 16.6. The first kappa shape index (κ1) is 15.3. The van der Waals surface area contributed by atoms with Gasteiger partial charge in [-0.05, 0) is 19.1 Å². The van der Waals surface area contributed by atoms with E-state index in [0.717, 1.165) is 11.3 Å². The van der Waals surface area contributed by atoms with Crippen molar-refractivity contribution in [3.05, 3.63) is 18.0 Å². The Balaban J connectivity index is 0.000000415. The molecule has 4 nitrogen and oxygen atoms in total. The molecule has 0 radical (unpaired) electrons. The van der Waals surface area contributed by atoms with E-state index in [1.165, 1.54) is 0 Å². The molecule has 0 spiro atoms. The van der Waals surface area contributed by atoms with Crippen LogP contribution in [0.3, 0.4) is 0 Å². The summed E-state index contributed by atoms with van der Waals surface area (Å²) < 4.78 is 16.7. The van der Waals surface area contributed by atoms with Crippen LogP contribution >= 0.6 is 0 Å². The van der Waals surface area contributed by atoms with Crippen LogP contribution < -0.4 is 9.47 Å². The van der Waals surface area contributed by atoms with Crippen LogP contribution in [0.5, 0.6) is 11.5 Å². The van der Waals surface area contributed by atoms with Gasteiger partial charge in [-0.1, -0.05) is 27.7 Å². The second kappa shape index (κ2) is 7.02. The molecule has 0 N–H and O–H groups in total. The van der Waals surface area contributed by atoms with Gasteiger partial charge in [0.25, 0.3) is 0 Å². The van der Waals surface area contributed by atoms with Gasteiger partial charge in [-0.2, -0.15) is 0 Å². The maximum Gasteiger partial charge on any atom is 0.207 e. The summed E-state index contributed by atoms with van der Waals surface area (Å²) in [6.45, 7) is 12.4. The number of nitrogens with zero attached hydrogens (tertiary/aromatic N) is 1. The van der Waals surface area contributed by atoms with Crippen LogP contribution in [0.15, 0.2) is 16.5 Å². The Labute approximate surface area is 114 Å². The van der Waals surface area contributed by atoms with E-state index in [1.54, 1.807) is 0 Å². The van der Waals surface area contributed by atoms with Crippen molar-refractivity contribution in [1.82, 2.24) is 4.98 Å². The molecule has 1 aromatic heterocycles. The summed E-state index contributed by atoms with van der Waals surface area (Å²) in [7, 11) is 0. The first-order chi connectivity index (χ1) is 9.24. The maximum absolute atomic E-state index is 5.70. The van der Waals surface area contributed by atoms with E-state index >= 15 is 0 Å². The SMILES string of the molecule is CC.CC.Cc1nc2ccc3c(c2o1)OC(C)CO3. The van der Waals surface area contributed by atoms with Crippen LogP contribution in [-0.2, 0) is 0 Å². The Bertz CT molecular complexity index is 519. The Morgan fingerprint density at radius 1 is 1.16 bits per heavy atom. The van der Waals surface area contributed by atoms with Crippen molar-refractivity contribution in [1.29, 1.82) is 0 Å². The zero-order chi connectivity index (χ0) is 14.4. The molecule has 1 atom stereocenters. The van der Waals surface area contributed by atoms with E-state index in [-0.39, 0.29) is 6.10 Å². The summed E-state index contributed by atoms with van der Waals surface area (Å²) in [5.41, 5.74) is 1.49. The third-order valence-corrected chi connectivity index (χ3v) is 2.38. The van der Waals surface area contributed by atoms with E-state index < -0.39 is 0 Å². The normalized spacial score (nSPS) is 16.0. The average molecular weight is 265 g/mol. The number of benzene rings is 1.